The Hall–Kier alpha value is -2.62. The van der Waals surface area contributed by atoms with E-state index in [4.69, 9.17) is 16.3 Å². The molecule has 1 aliphatic rings. The van der Waals surface area contributed by atoms with E-state index in [0.717, 1.165) is 11.3 Å². The van der Waals surface area contributed by atoms with Gasteiger partial charge >= 0.3 is 0 Å². The first-order valence-corrected chi connectivity index (χ1v) is 11.9. The lowest BCUT2D eigenvalue weighted by Crippen LogP contribution is -2.31. The van der Waals surface area contributed by atoms with Crippen LogP contribution in [0.2, 0.25) is 5.02 Å². The Morgan fingerprint density at radius 1 is 1.17 bits per heavy atom. The molecule has 156 valence electrons. The van der Waals surface area contributed by atoms with Crippen LogP contribution in [0, 0.1) is 0 Å². The Labute approximate surface area is 183 Å². The van der Waals surface area contributed by atoms with Crippen LogP contribution in [0.25, 0.3) is 0 Å². The van der Waals surface area contributed by atoms with Crippen LogP contribution in [-0.2, 0) is 10.0 Å². The van der Waals surface area contributed by atoms with Crippen molar-refractivity contribution in [2.75, 3.05) is 17.8 Å². The summed E-state index contributed by atoms with van der Waals surface area (Å²) in [6, 6.07) is 15.2. The van der Waals surface area contributed by atoms with Crippen molar-refractivity contribution in [3.05, 3.63) is 70.7 Å². The van der Waals surface area contributed by atoms with E-state index in [1.165, 1.54) is 12.1 Å². The van der Waals surface area contributed by atoms with Gasteiger partial charge < -0.3 is 9.64 Å². The Morgan fingerprint density at radius 2 is 1.90 bits per heavy atom. The van der Waals surface area contributed by atoms with Crippen LogP contribution in [0.4, 0.5) is 5.13 Å². The molecule has 1 fully saturated rings. The third-order valence-corrected chi connectivity index (χ3v) is 7.12. The lowest BCUT2D eigenvalue weighted by molar-refractivity contribution is 0.0767. The van der Waals surface area contributed by atoms with Crippen molar-refractivity contribution in [2.24, 2.45) is 0 Å². The summed E-state index contributed by atoms with van der Waals surface area (Å²) in [6.45, 7) is 0.934. The summed E-state index contributed by atoms with van der Waals surface area (Å²) in [6.07, 6.45) is 0.512. The van der Waals surface area contributed by atoms with Crippen molar-refractivity contribution in [1.29, 1.82) is 0 Å². The fraction of sp³-hybridized carbons (Fsp3) is 0.200. The maximum atomic E-state index is 12.8. The van der Waals surface area contributed by atoms with E-state index in [1.807, 2.05) is 12.1 Å². The first kappa shape index (κ1) is 20.6. The monoisotopic (exact) mass is 463 g/mol. The number of thiazole rings is 1. The number of benzene rings is 2. The third-order valence-electron chi connectivity index (χ3n) is 4.56. The number of carbonyl (C=O) groups excluding carboxylic acids is 1. The highest BCUT2D eigenvalue weighted by molar-refractivity contribution is 7.93. The molecule has 1 saturated heterocycles. The highest BCUT2D eigenvalue weighted by Gasteiger charge is 2.30. The van der Waals surface area contributed by atoms with E-state index in [0.29, 0.717) is 30.3 Å². The van der Waals surface area contributed by atoms with Gasteiger partial charge in [0, 0.05) is 18.3 Å². The normalized spacial score (nSPS) is 16.4. The van der Waals surface area contributed by atoms with E-state index in [1.54, 1.807) is 40.6 Å². The van der Waals surface area contributed by atoms with Crippen LogP contribution in [-0.4, -0.2) is 43.4 Å². The molecule has 7 nitrogen and oxygen atoms in total. The summed E-state index contributed by atoms with van der Waals surface area (Å²) in [7, 11) is -3.75. The fourth-order valence-electron chi connectivity index (χ4n) is 3.08. The molecule has 2 heterocycles. The zero-order valence-electron chi connectivity index (χ0n) is 15.7. The molecule has 0 aliphatic carbocycles. The van der Waals surface area contributed by atoms with E-state index in [-0.39, 0.29) is 27.7 Å². The number of sulfonamides is 1. The number of amides is 1. The van der Waals surface area contributed by atoms with Crippen LogP contribution in [0.15, 0.2) is 64.9 Å². The van der Waals surface area contributed by atoms with Crippen molar-refractivity contribution in [1.82, 2.24) is 9.88 Å². The predicted octanol–water partition coefficient (Wildman–Crippen LogP) is 3.89. The van der Waals surface area contributed by atoms with E-state index in [9.17, 15) is 13.2 Å². The molecule has 1 aromatic heterocycles. The van der Waals surface area contributed by atoms with Crippen molar-refractivity contribution < 1.29 is 17.9 Å². The topological polar surface area (TPSA) is 88.6 Å². The van der Waals surface area contributed by atoms with Crippen molar-refractivity contribution in [3.63, 3.8) is 0 Å². The van der Waals surface area contributed by atoms with Gasteiger partial charge in [-0.1, -0.05) is 41.9 Å². The Kier molecular flexibility index (Phi) is 5.94. The zero-order chi connectivity index (χ0) is 21.1. The molecule has 3 aromatic rings. The molecule has 30 heavy (non-hydrogen) atoms. The average molecular weight is 464 g/mol. The predicted molar refractivity (Wildman–Crippen MR) is 116 cm³/mol. The van der Waals surface area contributed by atoms with Gasteiger partial charge in [0.1, 0.15) is 17.5 Å². The number of aromatic nitrogens is 1. The fourth-order valence-corrected chi connectivity index (χ4v) is 5.22. The number of ether oxygens (including phenoxy) is 1. The Bertz CT molecular complexity index is 1150. The number of hydrogen-bond donors (Lipinski definition) is 1. The van der Waals surface area contributed by atoms with Crippen molar-refractivity contribution in [3.8, 4) is 5.75 Å². The van der Waals surface area contributed by atoms with Gasteiger partial charge in [-0.05, 0) is 24.3 Å². The van der Waals surface area contributed by atoms with Crippen LogP contribution in [0.3, 0.4) is 0 Å². The maximum absolute atomic E-state index is 12.8. The van der Waals surface area contributed by atoms with Gasteiger partial charge in [-0.2, -0.15) is 0 Å². The highest BCUT2D eigenvalue weighted by atomic mass is 35.5. The average Bonchev–Trinajstić information content (AvgIpc) is 3.39. The molecule has 0 unspecified atom stereocenters. The minimum absolute atomic E-state index is 0.132. The number of rotatable bonds is 6. The van der Waals surface area contributed by atoms with Crippen molar-refractivity contribution in [2.45, 2.75) is 17.4 Å². The van der Waals surface area contributed by atoms with Crippen molar-refractivity contribution >= 4 is 44.0 Å². The molecule has 4 rings (SSSR count). The number of para-hydroxylation sites is 1. The Morgan fingerprint density at radius 3 is 2.67 bits per heavy atom. The minimum Gasteiger partial charge on any atom is -0.487 e. The smallest absolute Gasteiger partial charge is 0.273 e. The van der Waals surface area contributed by atoms with Crippen LogP contribution in [0.5, 0.6) is 5.75 Å². The number of nitrogens with zero attached hydrogens (tertiary/aromatic N) is 2. The molecule has 0 spiro atoms. The summed E-state index contributed by atoms with van der Waals surface area (Å²) in [5.74, 6) is 0.325. The molecule has 10 heteroatoms. The minimum atomic E-state index is -3.75. The number of nitrogens with one attached hydrogen (secondary N) is 1. The second-order valence-corrected chi connectivity index (χ2v) is 9.61. The first-order chi connectivity index (χ1) is 14.4. The molecule has 1 aliphatic heterocycles. The van der Waals surface area contributed by atoms with Gasteiger partial charge in [0.15, 0.2) is 5.13 Å². The first-order valence-electron chi connectivity index (χ1n) is 9.16. The van der Waals surface area contributed by atoms with Crippen LogP contribution in [0.1, 0.15) is 16.9 Å². The summed E-state index contributed by atoms with van der Waals surface area (Å²) >= 11 is 7.19. The summed E-state index contributed by atoms with van der Waals surface area (Å²) in [5.41, 5.74) is 0.198. The molecule has 2 aromatic carbocycles. The molecule has 0 radical (unpaired) electrons. The second kappa shape index (κ2) is 8.63. The molecule has 0 bridgehead atoms. The number of anilines is 1. The standard InChI is InChI=1S/C20H18ClN3O4S2/c21-16-8-4-5-9-18(16)28-14-10-11-24(12-14)19(25)17-13-29-20(22-17)23-30(26,27)15-6-2-1-3-7-15/h1-9,13-14H,10-12H2,(H,22,23)/t14-/m0/s1. The quantitative estimate of drug-likeness (QED) is 0.599. The lowest BCUT2D eigenvalue weighted by Gasteiger charge is -2.17. The summed E-state index contributed by atoms with van der Waals surface area (Å²) in [5, 5.41) is 2.22. The molecular weight excluding hydrogens is 446 g/mol. The van der Waals surface area contributed by atoms with Crippen LogP contribution >= 0.6 is 22.9 Å². The Balaban J connectivity index is 1.39. The van der Waals surface area contributed by atoms with Gasteiger partial charge in [0.05, 0.1) is 16.5 Å². The second-order valence-electron chi connectivity index (χ2n) is 6.67. The van der Waals surface area contributed by atoms with Gasteiger partial charge in [-0.25, -0.2) is 13.4 Å². The maximum Gasteiger partial charge on any atom is 0.273 e. The summed E-state index contributed by atoms with van der Waals surface area (Å²) < 4.78 is 33.2. The highest BCUT2D eigenvalue weighted by Crippen LogP contribution is 2.27. The molecule has 1 N–H and O–H groups in total. The van der Waals surface area contributed by atoms with Gasteiger partial charge in [-0.3, -0.25) is 9.52 Å². The van der Waals surface area contributed by atoms with E-state index < -0.39 is 10.0 Å². The number of hydrogen-bond acceptors (Lipinski definition) is 6. The van der Waals surface area contributed by atoms with E-state index >= 15 is 0 Å². The number of carbonyl (C=O) groups is 1. The largest absolute Gasteiger partial charge is 0.487 e. The number of halogens is 1. The number of likely N-dealkylation sites (tertiary alicyclic amines) is 1. The SMILES string of the molecule is O=C(c1csc(NS(=O)(=O)c2ccccc2)n1)N1CC[C@H](Oc2ccccc2Cl)C1. The van der Waals surface area contributed by atoms with Gasteiger partial charge in [0.25, 0.3) is 15.9 Å². The molecule has 0 saturated carbocycles. The third kappa shape index (κ3) is 4.58. The molecule has 1 atom stereocenters. The zero-order valence-corrected chi connectivity index (χ0v) is 18.1. The van der Waals surface area contributed by atoms with Gasteiger partial charge in [-0.15, -0.1) is 11.3 Å². The molecular formula is C20H18ClN3O4S2. The molecule has 1 amide bonds. The van der Waals surface area contributed by atoms with Gasteiger partial charge in [0.2, 0.25) is 0 Å². The van der Waals surface area contributed by atoms with Crippen LogP contribution < -0.4 is 9.46 Å². The van der Waals surface area contributed by atoms with E-state index in [2.05, 4.69) is 9.71 Å². The summed E-state index contributed by atoms with van der Waals surface area (Å²) in [4.78, 5) is 18.7. The lowest BCUT2D eigenvalue weighted by atomic mass is 10.3.